The standard InChI is InChI=1S/C7H12O2/c8-5-6-9-7-3-1-2-4-7/h5,7H,1-4,6H2. The lowest BCUT2D eigenvalue weighted by Gasteiger charge is -2.05. The molecule has 52 valence electrons. The molecule has 0 aromatic heterocycles. The third-order valence-electron chi connectivity index (χ3n) is 1.70. The summed E-state index contributed by atoms with van der Waals surface area (Å²) >= 11 is 0. The molecule has 1 rings (SSSR count). The molecular weight excluding hydrogens is 116 g/mol. The number of ether oxygens (including phenoxy) is 1. The Morgan fingerprint density at radius 3 is 2.67 bits per heavy atom. The van der Waals surface area contributed by atoms with Crippen LogP contribution in [0.3, 0.4) is 0 Å². The Labute approximate surface area is 55.2 Å². The van der Waals surface area contributed by atoms with Gasteiger partial charge in [0.1, 0.15) is 12.9 Å². The second kappa shape index (κ2) is 3.62. The van der Waals surface area contributed by atoms with Gasteiger partial charge in [0.15, 0.2) is 0 Å². The molecule has 0 spiro atoms. The zero-order chi connectivity index (χ0) is 6.53. The predicted molar refractivity (Wildman–Crippen MR) is 34.3 cm³/mol. The topological polar surface area (TPSA) is 26.3 Å². The summed E-state index contributed by atoms with van der Waals surface area (Å²) in [7, 11) is 0. The normalized spacial score (nSPS) is 20.4. The molecule has 0 amide bonds. The predicted octanol–water partition coefficient (Wildman–Crippen LogP) is 1.14. The van der Waals surface area contributed by atoms with Gasteiger partial charge < -0.3 is 9.53 Å². The van der Waals surface area contributed by atoms with Crippen LogP contribution >= 0.6 is 0 Å². The molecule has 1 aliphatic carbocycles. The first-order valence-corrected chi connectivity index (χ1v) is 3.48. The van der Waals surface area contributed by atoms with Crippen LogP contribution in [0.2, 0.25) is 0 Å². The molecule has 0 bridgehead atoms. The summed E-state index contributed by atoms with van der Waals surface area (Å²) in [6.07, 6.45) is 6.03. The van der Waals surface area contributed by atoms with Crippen molar-refractivity contribution >= 4 is 6.29 Å². The minimum absolute atomic E-state index is 0.282. The Morgan fingerprint density at radius 1 is 1.44 bits per heavy atom. The van der Waals surface area contributed by atoms with Crippen LogP contribution in [0.5, 0.6) is 0 Å². The van der Waals surface area contributed by atoms with Gasteiger partial charge in [-0.25, -0.2) is 0 Å². The highest BCUT2D eigenvalue weighted by atomic mass is 16.5. The lowest BCUT2D eigenvalue weighted by atomic mass is 10.3. The van der Waals surface area contributed by atoms with Gasteiger partial charge in [0.2, 0.25) is 0 Å². The highest BCUT2D eigenvalue weighted by Gasteiger charge is 2.14. The fraction of sp³-hybridized carbons (Fsp3) is 0.857. The molecular formula is C7H12O2. The van der Waals surface area contributed by atoms with Crippen LogP contribution in [0.15, 0.2) is 0 Å². The Hall–Kier alpha value is -0.370. The van der Waals surface area contributed by atoms with E-state index in [0.29, 0.717) is 6.10 Å². The number of hydrogen-bond acceptors (Lipinski definition) is 2. The van der Waals surface area contributed by atoms with Gasteiger partial charge in [-0.15, -0.1) is 0 Å². The summed E-state index contributed by atoms with van der Waals surface area (Å²) in [5.74, 6) is 0. The van der Waals surface area contributed by atoms with Crippen molar-refractivity contribution in [3.8, 4) is 0 Å². The number of aldehydes is 1. The SMILES string of the molecule is O=CCOC1CCCC1. The monoisotopic (exact) mass is 128 g/mol. The second-order valence-corrected chi connectivity index (χ2v) is 2.41. The maximum absolute atomic E-state index is 9.84. The maximum Gasteiger partial charge on any atom is 0.145 e. The van der Waals surface area contributed by atoms with Crippen molar-refractivity contribution in [2.24, 2.45) is 0 Å². The second-order valence-electron chi connectivity index (χ2n) is 2.41. The van der Waals surface area contributed by atoms with Crippen molar-refractivity contribution in [1.29, 1.82) is 0 Å². The van der Waals surface area contributed by atoms with Crippen LogP contribution in [0.25, 0.3) is 0 Å². The van der Waals surface area contributed by atoms with E-state index in [1.807, 2.05) is 0 Å². The molecule has 2 nitrogen and oxygen atoms in total. The molecule has 9 heavy (non-hydrogen) atoms. The maximum atomic E-state index is 9.84. The van der Waals surface area contributed by atoms with Crippen molar-refractivity contribution in [2.45, 2.75) is 31.8 Å². The molecule has 1 fully saturated rings. The van der Waals surface area contributed by atoms with Gasteiger partial charge in [-0.2, -0.15) is 0 Å². The molecule has 0 unspecified atom stereocenters. The third kappa shape index (κ3) is 2.14. The molecule has 1 aliphatic rings. The Bertz CT molecular complexity index is 84.9. The molecule has 2 heteroatoms. The van der Waals surface area contributed by atoms with E-state index in [4.69, 9.17) is 4.74 Å². The smallest absolute Gasteiger partial charge is 0.145 e. The zero-order valence-corrected chi connectivity index (χ0v) is 5.51. The first-order valence-electron chi connectivity index (χ1n) is 3.48. The minimum Gasteiger partial charge on any atom is -0.371 e. The van der Waals surface area contributed by atoms with Crippen LogP contribution in [0, 0.1) is 0 Å². The summed E-state index contributed by atoms with van der Waals surface area (Å²) in [5, 5.41) is 0. The molecule has 0 saturated heterocycles. The molecule has 0 aromatic rings. The van der Waals surface area contributed by atoms with Crippen LogP contribution in [-0.2, 0) is 9.53 Å². The minimum atomic E-state index is 0.282. The lowest BCUT2D eigenvalue weighted by Crippen LogP contribution is -2.08. The molecule has 0 atom stereocenters. The van der Waals surface area contributed by atoms with E-state index in [1.165, 1.54) is 12.8 Å². The van der Waals surface area contributed by atoms with Gasteiger partial charge in [0, 0.05) is 0 Å². The van der Waals surface area contributed by atoms with E-state index < -0.39 is 0 Å². The van der Waals surface area contributed by atoms with E-state index in [9.17, 15) is 4.79 Å². The van der Waals surface area contributed by atoms with Crippen molar-refractivity contribution in [2.75, 3.05) is 6.61 Å². The van der Waals surface area contributed by atoms with Crippen molar-refractivity contribution < 1.29 is 9.53 Å². The largest absolute Gasteiger partial charge is 0.371 e. The van der Waals surface area contributed by atoms with Crippen molar-refractivity contribution in [3.05, 3.63) is 0 Å². The fourth-order valence-corrected chi connectivity index (χ4v) is 1.23. The van der Waals surface area contributed by atoms with E-state index in [1.54, 1.807) is 0 Å². The Balaban J connectivity index is 2.04. The van der Waals surface area contributed by atoms with Gasteiger partial charge in [-0.1, -0.05) is 12.8 Å². The molecule has 0 radical (unpaired) electrons. The fourth-order valence-electron chi connectivity index (χ4n) is 1.23. The van der Waals surface area contributed by atoms with Gasteiger partial charge in [0.25, 0.3) is 0 Å². The summed E-state index contributed by atoms with van der Waals surface area (Å²) in [6, 6.07) is 0. The number of hydrogen-bond donors (Lipinski definition) is 0. The zero-order valence-electron chi connectivity index (χ0n) is 5.51. The number of rotatable bonds is 3. The van der Waals surface area contributed by atoms with E-state index >= 15 is 0 Å². The average Bonchev–Trinajstić information content (AvgIpc) is 2.34. The van der Waals surface area contributed by atoms with Crippen molar-refractivity contribution in [3.63, 3.8) is 0 Å². The molecule has 0 N–H and O–H groups in total. The Morgan fingerprint density at radius 2 is 2.11 bits per heavy atom. The molecule has 0 aliphatic heterocycles. The third-order valence-corrected chi connectivity index (χ3v) is 1.70. The van der Waals surface area contributed by atoms with E-state index in [2.05, 4.69) is 0 Å². The lowest BCUT2D eigenvalue weighted by molar-refractivity contribution is -0.113. The van der Waals surface area contributed by atoms with Gasteiger partial charge in [-0.05, 0) is 12.8 Å². The summed E-state index contributed by atoms with van der Waals surface area (Å²) in [4.78, 5) is 9.84. The van der Waals surface area contributed by atoms with E-state index in [-0.39, 0.29) is 6.61 Å². The molecule has 1 saturated carbocycles. The van der Waals surface area contributed by atoms with Crippen LogP contribution < -0.4 is 0 Å². The molecule has 0 aromatic carbocycles. The van der Waals surface area contributed by atoms with E-state index in [0.717, 1.165) is 19.1 Å². The summed E-state index contributed by atoms with van der Waals surface area (Å²) in [6.45, 7) is 0.282. The van der Waals surface area contributed by atoms with Gasteiger partial charge >= 0.3 is 0 Å². The number of carbonyl (C=O) groups excluding carboxylic acids is 1. The summed E-state index contributed by atoms with van der Waals surface area (Å²) in [5.41, 5.74) is 0. The van der Waals surface area contributed by atoms with Crippen LogP contribution in [0.1, 0.15) is 25.7 Å². The highest BCUT2D eigenvalue weighted by Crippen LogP contribution is 2.20. The van der Waals surface area contributed by atoms with Crippen LogP contribution in [-0.4, -0.2) is 19.0 Å². The van der Waals surface area contributed by atoms with Crippen molar-refractivity contribution in [1.82, 2.24) is 0 Å². The van der Waals surface area contributed by atoms with Crippen LogP contribution in [0.4, 0.5) is 0 Å². The molecule has 0 heterocycles. The summed E-state index contributed by atoms with van der Waals surface area (Å²) < 4.78 is 5.18. The first kappa shape index (κ1) is 6.75. The van der Waals surface area contributed by atoms with Gasteiger partial charge in [-0.3, -0.25) is 0 Å². The first-order chi connectivity index (χ1) is 4.43. The quantitative estimate of drug-likeness (QED) is 0.533. The Kier molecular flexibility index (Phi) is 2.71. The van der Waals surface area contributed by atoms with Gasteiger partial charge in [0.05, 0.1) is 6.10 Å². The average molecular weight is 128 g/mol. The number of carbonyl (C=O) groups is 1. The highest BCUT2D eigenvalue weighted by molar-refractivity contribution is 5.50.